The zero-order chi connectivity index (χ0) is 9.07. The minimum Gasteiger partial charge on any atom is -0.330 e. The Kier molecular flexibility index (Phi) is 10.4. The third kappa shape index (κ3) is 9.70. The van der Waals surface area contributed by atoms with Gasteiger partial charge in [0.15, 0.2) is 0 Å². The quantitative estimate of drug-likeness (QED) is 0.438. The number of hydrogen-bond acceptors (Lipinski definition) is 1. The molecule has 0 bridgehead atoms. The smallest absolute Gasteiger partial charge is 0.00772 e. The molecule has 0 heterocycles. The molecule has 0 amide bonds. The normalized spacial score (nSPS) is 11.2. The molecule has 1 nitrogen and oxygen atoms in total. The van der Waals surface area contributed by atoms with Gasteiger partial charge in [0.1, 0.15) is 0 Å². The minimum absolute atomic E-state index is 0.837. The first kappa shape index (κ1) is 11.7. The third-order valence-electron chi connectivity index (χ3n) is 1.97. The predicted molar refractivity (Wildman–Crippen MR) is 56.2 cm³/mol. The lowest BCUT2D eigenvalue weighted by Crippen LogP contribution is -1.96. The first-order chi connectivity index (χ1) is 5.91. The highest BCUT2D eigenvalue weighted by Gasteiger charge is 1.83. The molecule has 12 heavy (non-hydrogen) atoms. The summed E-state index contributed by atoms with van der Waals surface area (Å²) in [4.78, 5) is 0. The van der Waals surface area contributed by atoms with Crippen LogP contribution in [0.3, 0.4) is 0 Å². The van der Waals surface area contributed by atoms with Crippen molar-refractivity contribution in [1.29, 1.82) is 0 Å². The molecule has 0 unspecified atom stereocenters. The lowest BCUT2D eigenvalue weighted by molar-refractivity contribution is 0.723. The van der Waals surface area contributed by atoms with Crippen molar-refractivity contribution < 1.29 is 0 Å². The van der Waals surface area contributed by atoms with Crippen molar-refractivity contribution in [3.8, 4) is 0 Å². The van der Waals surface area contributed by atoms with Gasteiger partial charge in [0.05, 0.1) is 0 Å². The topological polar surface area (TPSA) is 26.0 Å². The zero-order valence-electron chi connectivity index (χ0n) is 8.39. The van der Waals surface area contributed by atoms with Crippen LogP contribution in [0.5, 0.6) is 0 Å². The van der Waals surface area contributed by atoms with Gasteiger partial charge >= 0.3 is 0 Å². The van der Waals surface area contributed by atoms with Gasteiger partial charge < -0.3 is 5.73 Å². The Labute approximate surface area is 77.0 Å². The standard InChI is InChI=1S/C11H23N/c1-2-3-4-5-6-7-8-9-10-11-12/h6-7H,2-5,8-12H2,1H3. The van der Waals surface area contributed by atoms with Gasteiger partial charge in [-0.2, -0.15) is 0 Å². The number of unbranched alkanes of at least 4 members (excludes halogenated alkanes) is 5. The van der Waals surface area contributed by atoms with E-state index in [0.717, 1.165) is 6.54 Å². The fourth-order valence-corrected chi connectivity index (χ4v) is 1.15. The molecule has 0 aliphatic carbocycles. The highest BCUT2D eigenvalue weighted by Crippen LogP contribution is 2.01. The molecular formula is C11H23N. The van der Waals surface area contributed by atoms with Crippen LogP contribution in [-0.2, 0) is 0 Å². The second-order valence-corrected chi connectivity index (χ2v) is 3.25. The molecule has 0 aromatic rings. The van der Waals surface area contributed by atoms with Crippen molar-refractivity contribution in [2.75, 3.05) is 6.54 Å². The Bertz CT molecular complexity index is 85.2. The number of allylic oxidation sites excluding steroid dienone is 2. The Morgan fingerprint density at radius 2 is 1.50 bits per heavy atom. The van der Waals surface area contributed by atoms with Crippen molar-refractivity contribution in [2.24, 2.45) is 5.73 Å². The number of hydrogen-bond donors (Lipinski definition) is 1. The summed E-state index contributed by atoms with van der Waals surface area (Å²) >= 11 is 0. The summed E-state index contributed by atoms with van der Waals surface area (Å²) in [5.74, 6) is 0. The van der Waals surface area contributed by atoms with Gasteiger partial charge in [-0.1, -0.05) is 31.9 Å². The van der Waals surface area contributed by atoms with Crippen LogP contribution in [0.25, 0.3) is 0 Å². The van der Waals surface area contributed by atoms with Gasteiger partial charge in [0.25, 0.3) is 0 Å². The van der Waals surface area contributed by atoms with E-state index < -0.39 is 0 Å². The average molecular weight is 169 g/mol. The second-order valence-electron chi connectivity index (χ2n) is 3.25. The zero-order valence-corrected chi connectivity index (χ0v) is 8.39. The molecule has 0 radical (unpaired) electrons. The predicted octanol–water partition coefficient (Wildman–Crippen LogP) is 3.25. The van der Waals surface area contributed by atoms with E-state index in [2.05, 4.69) is 19.1 Å². The van der Waals surface area contributed by atoms with Crippen molar-refractivity contribution in [2.45, 2.75) is 51.9 Å². The molecule has 72 valence electrons. The Morgan fingerprint density at radius 1 is 0.917 bits per heavy atom. The Morgan fingerprint density at radius 3 is 2.00 bits per heavy atom. The Hall–Kier alpha value is -0.300. The second kappa shape index (κ2) is 10.7. The van der Waals surface area contributed by atoms with Crippen LogP contribution >= 0.6 is 0 Å². The molecule has 0 saturated heterocycles. The molecule has 2 N–H and O–H groups in total. The number of nitrogens with two attached hydrogens (primary N) is 1. The van der Waals surface area contributed by atoms with Gasteiger partial charge in [0, 0.05) is 0 Å². The van der Waals surface area contributed by atoms with Gasteiger partial charge in [-0.25, -0.2) is 0 Å². The van der Waals surface area contributed by atoms with E-state index in [0.29, 0.717) is 0 Å². The van der Waals surface area contributed by atoms with E-state index in [1.165, 1.54) is 44.9 Å². The van der Waals surface area contributed by atoms with Gasteiger partial charge in [-0.15, -0.1) is 0 Å². The molecule has 0 rings (SSSR count). The molecule has 1 heteroatoms. The summed E-state index contributed by atoms with van der Waals surface area (Å²) in [6, 6.07) is 0. The maximum absolute atomic E-state index is 5.38. The van der Waals surface area contributed by atoms with Crippen molar-refractivity contribution >= 4 is 0 Å². The highest BCUT2D eigenvalue weighted by atomic mass is 14.5. The maximum atomic E-state index is 5.38. The van der Waals surface area contributed by atoms with Gasteiger partial charge in [-0.05, 0) is 38.6 Å². The fourth-order valence-electron chi connectivity index (χ4n) is 1.15. The summed E-state index contributed by atoms with van der Waals surface area (Å²) in [5, 5.41) is 0. The van der Waals surface area contributed by atoms with E-state index in [-0.39, 0.29) is 0 Å². The van der Waals surface area contributed by atoms with Crippen molar-refractivity contribution in [3.05, 3.63) is 12.2 Å². The molecule has 0 saturated carbocycles. The lowest BCUT2D eigenvalue weighted by atomic mass is 10.1. The van der Waals surface area contributed by atoms with Crippen LogP contribution in [0.4, 0.5) is 0 Å². The van der Waals surface area contributed by atoms with Crippen molar-refractivity contribution in [1.82, 2.24) is 0 Å². The summed E-state index contributed by atoms with van der Waals surface area (Å²) in [5.41, 5.74) is 5.38. The molecular weight excluding hydrogens is 146 g/mol. The molecule has 0 fully saturated rings. The lowest BCUT2D eigenvalue weighted by Gasteiger charge is -1.93. The van der Waals surface area contributed by atoms with Crippen LogP contribution in [0, 0.1) is 0 Å². The highest BCUT2D eigenvalue weighted by molar-refractivity contribution is 4.81. The van der Waals surface area contributed by atoms with Gasteiger partial charge in [-0.3, -0.25) is 0 Å². The average Bonchev–Trinajstić information content (AvgIpc) is 2.10. The fraction of sp³-hybridized carbons (Fsp3) is 0.818. The van der Waals surface area contributed by atoms with E-state index in [9.17, 15) is 0 Å². The van der Waals surface area contributed by atoms with Crippen LogP contribution in [0.1, 0.15) is 51.9 Å². The largest absolute Gasteiger partial charge is 0.330 e. The molecule has 0 aliphatic rings. The van der Waals surface area contributed by atoms with E-state index in [1.54, 1.807) is 0 Å². The summed E-state index contributed by atoms with van der Waals surface area (Å²) in [6.45, 7) is 3.08. The SMILES string of the molecule is CCCCCC=CCCCCN. The maximum Gasteiger partial charge on any atom is -0.00772 e. The summed E-state index contributed by atoms with van der Waals surface area (Å²) < 4.78 is 0. The van der Waals surface area contributed by atoms with E-state index >= 15 is 0 Å². The van der Waals surface area contributed by atoms with E-state index in [4.69, 9.17) is 5.73 Å². The van der Waals surface area contributed by atoms with Crippen molar-refractivity contribution in [3.63, 3.8) is 0 Å². The molecule has 0 atom stereocenters. The van der Waals surface area contributed by atoms with Crippen LogP contribution in [0.2, 0.25) is 0 Å². The molecule has 0 aromatic heterocycles. The first-order valence-electron chi connectivity index (χ1n) is 5.27. The summed E-state index contributed by atoms with van der Waals surface area (Å²) in [7, 11) is 0. The van der Waals surface area contributed by atoms with Crippen LogP contribution in [-0.4, -0.2) is 6.54 Å². The summed E-state index contributed by atoms with van der Waals surface area (Å²) in [6.07, 6.45) is 13.5. The molecule has 0 aliphatic heterocycles. The number of rotatable bonds is 8. The minimum atomic E-state index is 0.837. The van der Waals surface area contributed by atoms with Crippen LogP contribution in [0.15, 0.2) is 12.2 Å². The molecule has 0 aromatic carbocycles. The monoisotopic (exact) mass is 169 g/mol. The Balaban J connectivity index is 2.93. The molecule has 0 spiro atoms. The third-order valence-corrected chi connectivity index (χ3v) is 1.97. The van der Waals surface area contributed by atoms with E-state index in [1.807, 2.05) is 0 Å². The van der Waals surface area contributed by atoms with Crippen LogP contribution < -0.4 is 5.73 Å². The van der Waals surface area contributed by atoms with Gasteiger partial charge in [0.2, 0.25) is 0 Å². The first-order valence-corrected chi connectivity index (χ1v) is 5.27.